The summed E-state index contributed by atoms with van der Waals surface area (Å²) in [6, 6.07) is 0. The van der Waals surface area contributed by atoms with Crippen LogP contribution in [0, 0.1) is 11.8 Å². The zero-order chi connectivity index (χ0) is 10.0. The Hall–Kier alpha value is -0.900. The normalized spacial score (nSPS) is 31.4. The summed E-state index contributed by atoms with van der Waals surface area (Å²) in [4.78, 5) is 21.7. The van der Waals surface area contributed by atoms with Crippen molar-refractivity contribution in [3.63, 3.8) is 0 Å². The van der Waals surface area contributed by atoms with E-state index in [9.17, 15) is 14.7 Å². The van der Waals surface area contributed by atoms with Crippen molar-refractivity contribution in [3.05, 3.63) is 0 Å². The first-order valence-electron chi connectivity index (χ1n) is 4.47. The highest BCUT2D eigenvalue weighted by atomic mass is 16.4. The van der Waals surface area contributed by atoms with Crippen molar-refractivity contribution in [3.8, 4) is 0 Å². The van der Waals surface area contributed by atoms with Crippen LogP contribution in [0.3, 0.4) is 0 Å². The molecule has 13 heavy (non-hydrogen) atoms. The minimum atomic E-state index is -1.07. The number of Topliss-reactive ketones (excluding diaryl/α,β-unsaturated/α-hetero) is 1. The zero-order valence-electron chi connectivity index (χ0n) is 7.56. The molecular weight excluding hydrogens is 172 g/mol. The lowest BCUT2D eigenvalue weighted by molar-refractivity contribution is -0.148. The molecule has 74 valence electrons. The fourth-order valence-corrected chi connectivity index (χ4v) is 1.76. The van der Waals surface area contributed by atoms with E-state index in [1.807, 2.05) is 0 Å². The molecule has 1 aliphatic rings. The van der Waals surface area contributed by atoms with Gasteiger partial charge in [-0.1, -0.05) is 6.92 Å². The van der Waals surface area contributed by atoms with Crippen molar-refractivity contribution >= 4 is 11.8 Å². The molecule has 0 amide bonds. The maximum absolute atomic E-state index is 11.1. The van der Waals surface area contributed by atoms with Crippen molar-refractivity contribution in [2.24, 2.45) is 11.8 Å². The number of hydrogen-bond acceptors (Lipinski definition) is 3. The van der Waals surface area contributed by atoms with Gasteiger partial charge in [-0.25, -0.2) is 0 Å². The molecule has 1 saturated carbocycles. The predicted octanol–water partition coefficient (Wildman–Crippen LogP) is 0.437. The Bertz CT molecular complexity index is 220. The molecule has 0 radical (unpaired) electrons. The zero-order valence-corrected chi connectivity index (χ0v) is 7.56. The summed E-state index contributed by atoms with van der Waals surface area (Å²) < 4.78 is 0. The molecule has 0 aliphatic heterocycles. The highest BCUT2D eigenvalue weighted by molar-refractivity contribution is 5.84. The summed E-state index contributed by atoms with van der Waals surface area (Å²) in [5.74, 6) is -2.21. The first-order chi connectivity index (χ1) is 6.04. The van der Waals surface area contributed by atoms with E-state index in [1.54, 1.807) is 0 Å². The van der Waals surface area contributed by atoms with Crippen LogP contribution in [0.4, 0.5) is 0 Å². The van der Waals surface area contributed by atoms with Gasteiger partial charge in [0.2, 0.25) is 0 Å². The van der Waals surface area contributed by atoms with Crippen LogP contribution in [0.5, 0.6) is 0 Å². The summed E-state index contributed by atoms with van der Waals surface area (Å²) >= 11 is 0. The maximum Gasteiger partial charge on any atom is 0.306 e. The molecular formula is C9H14O4. The Morgan fingerprint density at radius 1 is 1.62 bits per heavy atom. The molecule has 1 rings (SSSR count). The van der Waals surface area contributed by atoms with E-state index in [-0.39, 0.29) is 5.78 Å². The smallest absolute Gasteiger partial charge is 0.306 e. The molecule has 4 nitrogen and oxygen atoms in total. The maximum atomic E-state index is 11.1. The second kappa shape index (κ2) is 3.87. The average molecular weight is 186 g/mol. The average Bonchev–Trinajstić information content (AvgIpc) is 2.08. The standard InChI is InChI=1S/C9H14O4/c1-5(9(12)13)6-3-2-4-7(10)8(6)11/h5-6,8,11H,2-4H2,1H3,(H,12,13). The molecule has 3 unspecified atom stereocenters. The Balaban J connectivity index is 2.67. The minimum Gasteiger partial charge on any atom is -0.481 e. The van der Waals surface area contributed by atoms with E-state index < -0.39 is 23.9 Å². The molecule has 0 bridgehead atoms. The molecule has 0 aromatic rings. The number of aliphatic hydroxyl groups excluding tert-OH is 1. The summed E-state index contributed by atoms with van der Waals surface area (Å²) in [5, 5.41) is 18.2. The number of rotatable bonds is 2. The largest absolute Gasteiger partial charge is 0.481 e. The molecule has 1 fully saturated rings. The number of carboxylic acid groups (broad SMARTS) is 1. The van der Waals surface area contributed by atoms with Gasteiger partial charge in [0, 0.05) is 12.3 Å². The van der Waals surface area contributed by atoms with Crippen molar-refractivity contribution in [1.29, 1.82) is 0 Å². The van der Waals surface area contributed by atoms with Gasteiger partial charge in [-0.05, 0) is 12.8 Å². The fraction of sp³-hybridized carbons (Fsp3) is 0.778. The Morgan fingerprint density at radius 3 is 2.77 bits per heavy atom. The van der Waals surface area contributed by atoms with Gasteiger partial charge in [0.25, 0.3) is 0 Å². The van der Waals surface area contributed by atoms with Gasteiger partial charge in [0.15, 0.2) is 5.78 Å². The number of hydrogen-bond donors (Lipinski definition) is 2. The predicted molar refractivity (Wildman–Crippen MR) is 45.2 cm³/mol. The molecule has 0 saturated heterocycles. The van der Waals surface area contributed by atoms with Gasteiger partial charge in [-0.2, -0.15) is 0 Å². The molecule has 0 aromatic carbocycles. The molecule has 0 aromatic heterocycles. The van der Waals surface area contributed by atoms with E-state index in [2.05, 4.69) is 0 Å². The monoisotopic (exact) mass is 186 g/mol. The summed E-state index contributed by atoms with van der Waals surface area (Å²) in [6.07, 6.45) is 0.627. The van der Waals surface area contributed by atoms with E-state index in [1.165, 1.54) is 6.92 Å². The van der Waals surface area contributed by atoms with E-state index >= 15 is 0 Å². The van der Waals surface area contributed by atoms with Gasteiger partial charge >= 0.3 is 5.97 Å². The van der Waals surface area contributed by atoms with E-state index in [4.69, 9.17) is 5.11 Å². The van der Waals surface area contributed by atoms with Crippen LogP contribution in [0.2, 0.25) is 0 Å². The van der Waals surface area contributed by atoms with Crippen LogP contribution in [-0.2, 0) is 9.59 Å². The van der Waals surface area contributed by atoms with Crippen LogP contribution < -0.4 is 0 Å². The number of aliphatic carboxylic acids is 1. The molecule has 1 aliphatic carbocycles. The van der Waals surface area contributed by atoms with Crippen molar-refractivity contribution in [2.75, 3.05) is 0 Å². The number of ketones is 1. The van der Waals surface area contributed by atoms with Gasteiger partial charge in [-0.3, -0.25) is 9.59 Å². The molecule has 4 heteroatoms. The number of carbonyl (C=O) groups is 2. The van der Waals surface area contributed by atoms with Crippen molar-refractivity contribution in [2.45, 2.75) is 32.3 Å². The number of carbonyl (C=O) groups excluding carboxylic acids is 1. The van der Waals surface area contributed by atoms with E-state index in [0.717, 1.165) is 0 Å². The molecule has 0 spiro atoms. The highest BCUT2D eigenvalue weighted by Crippen LogP contribution is 2.28. The second-order valence-corrected chi connectivity index (χ2v) is 3.59. The van der Waals surface area contributed by atoms with Crippen LogP contribution in [0.25, 0.3) is 0 Å². The van der Waals surface area contributed by atoms with Crippen molar-refractivity contribution < 1.29 is 19.8 Å². The lowest BCUT2D eigenvalue weighted by Crippen LogP contribution is -2.39. The minimum absolute atomic E-state index is 0.218. The SMILES string of the molecule is CC(C(=O)O)C1CCCC(=O)C1O. The van der Waals surface area contributed by atoms with Gasteiger partial charge in [0.1, 0.15) is 6.10 Å². The van der Waals surface area contributed by atoms with Gasteiger partial charge < -0.3 is 10.2 Å². The molecule has 2 N–H and O–H groups in total. The first kappa shape index (κ1) is 10.2. The van der Waals surface area contributed by atoms with Gasteiger partial charge in [-0.15, -0.1) is 0 Å². The van der Waals surface area contributed by atoms with E-state index in [0.29, 0.717) is 19.3 Å². The number of aliphatic hydroxyl groups is 1. The van der Waals surface area contributed by atoms with Gasteiger partial charge in [0.05, 0.1) is 5.92 Å². The van der Waals surface area contributed by atoms with Crippen LogP contribution >= 0.6 is 0 Å². The van der Waals surface area contributed by atoms with Crippen LogP contribution in [0.15, 0.2) is 0 Å². The Labute approximate surface area is 76.6 Å². The third-order valence-electron chi connectivity index (χ3n) is 2.73. The topological polar surface area (TPSA) is 74.6 Å². The quantitative estimate of drug-likeness (QED) is 0.656. The summed E-state index contributed by atoms with van der Waals surface area (Å²) in [5.41, 5.74) is 0. The lowest BCUT2D eigenvalue weighted by atomic mass is 9.78. The second-order valence-electron chi connectivity index (χ2n) is 3.59. The number of carboxylic acids is 1. The summed E-state index contributed by atoms with van der Waals surface area (Å²) in [6.45, 7) is 1.54. The van der Waals surface area contributed by atoms with Crippen molar-refractivity contribution in [1.82, 2.24) is 0 Å². The highest BCUT2D eigenvalue weighted by Gasteiger charge is 2.36. The fourth-order valence-electron chi connectivity index (χ4n) is 1.76. The Kier molecular flexibility index (Phi) is 3.03. The molecule has 0 heterocycles. The molecule has 3 atom stereocenters. The lowest BCUT2D eigenvalue weighted by Gasteiger charge is -2.29. The third kappa shape index (κ3) is 2.06. The first-order valence-corrected chi connectivity index (χ1v) is 4.47. The Morgan fingerprint density at radius 2 is 2.23 bits per heavy atom. The third-order valence-corrected chi connectivity index (χ3v) is 2.73. The summed E-state index contributed by atoms with van der Waals surface area (Å²) in [7, 11) is 0. The van der Waals surface area contributed by atoms with Crippen LogP contribution in [0.1, 0.15) is 26.2 Å². The van der Waals surface area contributed by atoms with Crippen LogP contribution in [-0.4, -0.2) is 28.1 Å².